The highest BCUT2D eigenvalue weighted by Crippen LogP contribution is 2.54. The van der Waals surface area contributed by atoms with E-state index in [1.165, 1.54) is 0 Å². The standard InChI is InChI=1S/C14H24N2O5/c1-5-10(16(19)20)12(17)11-8-6-15(7-9(8)11)13(18)21-14(2,3)4/h8-12,17H,5-7H2,1-4H3/t8-,9+,10?,11?,12?. The molecule has 1 amide bonds. The van der Waals surface area contributed by atoms with Crippen molar-refractivity contribution >= 4 is 6.09 Å². The van der Waals surface area contributed by atoms with Crippen LogP contribution < -0.4 is 0 Å². The number of hydrogen-bond donors (Lipinski definition) is 1. The summed E-state index contributed by atoms with van der Waals surface area (Å²) in [5.41, 5.74) is -0.526. The van der Waals surface area contributed by atoms with Crippen LogP contribution in [0.1, 0.15) is 34.1 Å². The number of rotatable bonds is 4. The van der Waals surface area contributed by atoms with Crippen LogP contribution in [0.3, 0.4) is 0 Å². The highest BCUT2D eigenvalue weighted by atomic mass is 16.6. The van der Waals surface area contributed by atoms with Crippen molar-refractivity contribution in [2.75, 3.05) is 13.1 Å². The molecule has 0 bridgehead atoms. The number of piperidine rings is 1. The number of fused-ring (bicyclic) bond motifs is 1. The fourth-order valence-electron chi connectivity index (χ4n) is 3.33. The summed E-state index contributed by atoms with van der Waals surface area (Å²) in [6.07, 6.45) is -0.940. The van der Waals surface area contributed by atoms with Crippen LogP contribution in [0.15, 0.2) is 0 Å². The van der Waals surface area contributed by atoms with Crippen molar-refractivity contribution in [2.24, 2.45) is 17.8 Å². The average molecular weight is 300 g/mol. The number of amides is 1. The second kappa shape index (κ2) is 5.44. The first-order chi connectivity index (χ1) is 9.65. The number of aliphatic hydroxyl groups excluding tert-OH is 1. The number of ether oxygens (including phenoxy) is 1. The van der Waals surface area contributed by atoms with Gasteiger partial charge >= 0.3 is 6.09 Å². The molecule has 21 heavy (non-hydrogen) atoms. The predicted octanol–water partition coefficient (Wildman–Crippen LogP) is 1.52. The van der Waals surface area contributed by atoms with E-state index in [4.69, 9.17) is 4.74 Å². The molecule has 7 heteroatoms. The number of carbonyl (C=O) groups is 1. The molecule has 1 aliphatic heterocycles. The van der Waals surface area contributed by atoms with E-state index in [1.54, 1.807) is 11.8 Å². The average Bonchev–Trinajstić information content (AvgIpc) is 2.82. The van der Waals surface area contributed by atoms with Crippen LogP contribution in [0, 0.1) is 27.9 Å². The molecule has 0 aromatic carbocycles. The lowest BCUT2D eigenvalue weighted by atomic mass is 10.0. The normalized spacial score (nSPS) is 30.5. The molecule has 5 atom stereocenters. The summed E-state index contributed by atoms with van der Waals surface area (Å²) < 4.78 is 5.31. The third kappa shape index (κ3) is 3.28. The van der Waals surface area contributed by atoms with Gasteiger partial charge in [0.25, 0.3) is 0 Å². The molecule has 2 rings (SSSR count). The highest BCUT2D eigenvalue weighted by Gasteiger charge is 2.62. The molecule has 1 N–H and O–H groups in total. The summed E-state index contributed by atoms with van der Waals surface area (Å²) in [5, 5.41) is 21.1. The molecule has 7 nitrogen and oxygen atoms in total. The Hall–Kier alpha value is -1.37. The second-order valence-electron chi connectivity index (χ2n) is 7.04. The summed E-state index contributed by atoms with van der Waals surface area (Å²) in [4.78, 5) is 24.1. The van der Waals surface area contributed by atoms with E-state index in [1.807, 2.05) is 20.8 Å². The number of nitrogens with zero attached hydrogens (tertiary/aromatic N) is 2. The Kier molecular flexibility index (Phi) is 4.15. The summed E-state index contributed by atoms with van der Waals surface area (Å²) in [7, 11) is 0. The van der Waals surface area contributed by atoms with Crippen LogP contribution in [-0.4, -0.2) is 51.9 Å². The Balaban J connectivity index is 1.87. The third-order valence-corrected chi connectivity index (χ3v) is 4.39. The summed E-state index contributed by atoms with van der Waals surface area (Å²) in [5.74, 6) is 0.280. The minimum Gasteiger partial charge on any atom is -0.444 e. The van der Waals surface area contributed by atoms with Gasteiger partial charge in [-0.3, -0.25) is 10.1 Å². The summed E-state index contributed by atoms with van der Waals surface area (Å²) in [6, 6.07) is -0.907. The van der Waals surface area contributed by atoms with Gasteiger partial charge in [-0.15, -0.1) is 0 Å². The quantitative estimate of drug-likeness (QED) is 0.627. The Morgan fingerprint density at radius 3 is 2.33 bits per heavy atom. The van der Waals surface area contributed by atoms with E-state index < -0.39 is 22.7 Å². The van der Waals surface area contributed by atoms with Gasteiger partial charge in [0.2, 0.25) is 6.04 Å². The van der Waals surface area contributed by atoms with Crippen molar-refractivity contribution in [3.8, 4) is 0 Å². The van der Waals surface area contributed by atoms with Crippen LogP contribution in [-0.2, 0) is 4.74 Å². The zero-order valence-electron chi connectivity index (χ0n) is 13.0. The van der Waals surface area contributed by atoms with Crippen LogP contribution >= 0.6 is 0 Å². The Labute approximate surface area is 124 Å². The minimum atomic E-state index is -0.916. The van der Waals surface area contributed by atoms with Crippen LogP contribution in [0.5, 0.6) is 0 Å². The Bertz CT molecular complexity index is 422. The second-order valence-corrected chi connectivity index (χ2v) is 7.04. The molecule has 0 radical (unpaired) electrons. The zero-order chi connectivity index (χ0) is 15.9. The van der Waals surface area contributed by atoms with Crippen molar-refractivity contribution in [1.82, 2.24) is 4.90 Å². The SMILES string of the molecule is CCC(C(O)C1[C@H]2CN(C(=O)OC(C)(C)C)C[C@@H]12)[N+](=O)[O-]. The molecule has 0 aromatic rings. The van der Waals surface area contributed by atoms with Gasteiger partial charge < -0.3 is 14.7 Å². The first kappa shape index (κ1) is 16.0. The summed E-state index contributed by atoms with van der Waals surface area (Å²) >= 11 is 0. The van der Waals surface area contributed by atoms with Gasteiger partial charge in [-0.05, 0) is 32.6 Å². The summed E-state index contributed by atoms with van der Waals surface area (Å²) in [6.45, 7) is 8.21. The molecular weight excluding hydrogens is 276 g/mol. The van der Waals surface area contributed by atoms with Crippen molar-refractivity contribution in [3.05, 3.63) is 10.1 Å². The zero-order valence-corrected chi connectivity index (χ0v) is 13.0. The molecule has 2 aliphatic rings. The van der Waals surface area contributed by atoms with E-state index >= 15 is 0 Å². The van der Waals surface area contributed by atoms with Gasteiger partial charge in [0, 0.05) is 30.4 Å². The monoisotopic (exact) mass is 300 g/mol. The first-order valence-corrected chi connectivity index (χ1v) is 7.45. The predicted molar refractivity (Wildman–Crippen MR) is 75.4 cm³/mol. The molecule has 3 unspecified atom stereocenters. The lowest BCUT2D eigenvalue weighted by Crippen LogP contribution is -2.40. The number of carbonyl (C=O) groups excluding carboxylic acids is 1. The van der Waals surface area contributed by atoms with E-state index in [0.29, 0.717) is 19.5 Å². The Morgan fingerprint density at radius 1 is 1.43 bits per heavy atom. The molecular formula is C14H24N2O5. The molecule has 0 spiro atoms. The smallest absolute Gasteiger partial charge is 0.410 e. The maximum absolute atomic E-state index is 11.9. The van der Waals surface area contributed by atoms with Gasteiger partial charge in [0.05, 0.1) is 0 Å². The number of nitro groups is 1. The third-order valence-electron chi connectivity index (χ3n) is 4.39. The van der Waals surface area contributed by atoms with Gasteiger partial charge in [-0.25, -0.2) is 4.79 Å². The molecule has 1 saturated heterocycles. The fourth-order valence-corrected chi connectivity index (χ4v) is 3.33. The topological polar surface area (TPSA) is 92.9 Å². The highest BCUT2D eigenvalue weighted by molar-refractivity contribution is 5.69. The molecule has 2 fully saturated rings. The van der Waals surface area contributed by atoms with Gasteiger partial charge in [-0.1, -0.05) is 6.92 Å². The molecule has 120 valence electrons. The van der Waals surface area contributed by atoms with Crippen LogP contribution in [0.4, 0.5) is 4.79 Å². The van der Waals surface area contributed by atoms with E-state index in [2.05, 4.69) is 0 Å². The van der Waals surface area contributed by atoms with Crippen molar-refractivity contribution in [2.45, 2.75) is 51.9 Å². The lowest BCUT2D eigenvalue weighted by Gasteiger charge is -2.26. The molecule has 1 aliphatic carbocycles. The number of aliphatic hydroxyl groups is 1. The van der Waals surface area contributed by atoms with E-state index in [-0.39, 0.29) is 23.8 Å². The van der Waals surface area contributed by atoms with Gasteiger partial charge in [0.1, 0.15) is 11.7 Å². The van der Waals surface area contributed by atoms with Crippen molar-refractivity contribution in [1.29, 1.82) is 0 Å². The van der Waals surface area contributed by atoms with E-state index in [0.717, 1.165) is 0 Å². The van der Waals surface area contributed by atoms with Crippen LogP contribution in [0.25, 0.3) is 0 Å². The first-order valence-electron chi connectivity index (χ1n) is 7.45. The maximum atomic E-state index is 11.9. The lowest BCUT2D eigenvalue weighted by molar-refractivity contribution is -0.536. The minimum absolute atomic E-state index is 0.0564. The molecule has 1 saturated carbocycles. The molecule has 1 heterocycles. The van der Waals surface area contributed by atoms with Gasteiger partial charge in [0.15, 0.2) is 0 Å². The van der Waals surface area contributed by atoms with E-state index in [9.17, 15) is 20.0 Å². The van der Waals surface area contributed by atoms with Crippen molar-refractivity contribution < 1.29 is 19.6 Å². The largest absolute Gasteiger partial charge is 0.444 e. The fraction of sp³-hybridized carbons (Fsp3) is 0.929. The van der Waals surface area contributed by atoms with Crippen LogP contribution in [0.2, 0.25) is 0 Å². The number of likely N-dealkylation sites (tertiary alicyclic amines) is 1. The maximum Gasteiger partial charge on any atom is 0.410 e. The molecule has 0 aromatic heterocycles. The number of hydrogen-bond acceptors (Lipinski definition) is 5. The van der Waals surface area contributed by atoms with Crippen molar-refractivity contribution in [3.63, 3.8) is 0 Å². The van der Waals surface area contributed by atoms with Gasteiger partial charge in [-0.2, -0.15) is 0 Å². The Morgan fingerprint density at radius 2 is 1.95 bits per heavy atom.